The van der Waals surface area contributed by atoms with E-state index in [1.165, 1.54) is 0 Å². The first-order valence-corrected chi connectivity index (χ1v) is 11.3. The molecule has 0 unspecified atom stereocenters. The third-order valence-electron chi connectivity index (χ3n) is 6.24. The van der Waals surface area contributed by atoms with E-state index in [2.05, 4.69) is 16.4 Å². The van der Waals surface area contributed by atoms with Gasteiger partial charge in [-0.15, -0.1) is 0 Å². The summed E-state index contributed by atoms with van der Waals surface area (Å²) in [4.78, 5) is 32.5. The number of ether oxygens (including phenoxy) is 1. The molecule has 1 fully saturated rings. The maximum absolute atomic E-state index is 13.3. The van der Waals surface area contributed by atoms with E-state index >= 15 is 0 Å². The van der Waals surface area contributed by atoms with E-state index in [0.717, 1.165) is 16.7 Å². The number of nitrogens with zero attached hydrogens (tertiary/aromatic N) is 2. The van der Waals surface area contributed by atoms with Crippen LogP contribution in [0.2, 0.25) is 0 Å². The number of amides is 2. The van der Waals surface area contributed by atoms with Crippen LogP contribution in [0.1, 0.15) is 29.3 Å². The van der Waals surface area contributed by atoms with Gasteiger partial charge in [-0.25, -0.2) is 0 Å². The molecule has 6 nitrogen and oxygen atoms in total. The van der Waals surface area contributed by atoms with Gasteiger partial charge in [0.05, 0.1) is 12.5 Å². The number of aromatic nitrogens is 1. The molecule has 0 radical (unpaired) electrons. The van der Waals surface area contributed by atoms with Crippen LogP contribution in [0.15, 0.2) is 73.1 Å². The number of carbonyl (C=O) groups excluding carboxylic acids is 2. The topological polar surface area (TPSA) is 71.5 Å². The molecule has 0 bridgehead atoms. The SMILES string of the molecule is CCNC(=O)[C@]1(Cc2cccc(-c3cccnc3)c2)CCN(C(=O)c2cccc(OC)c2)C1. The first kappa shape index (κ1) is 22.5. The van der Waals surface area contributed by atoms with Crippen LogP contribution in [0.3, 0.4) is 0 Å². The summed E-state index contributed by atoms with van der Waals surface area (Å²) in [7, 11) is 1.58. The lowest BCUT2D eigenvalue weighted by Gasteiger charge is -2.28. The molecule has 1 N–H and O–H groups in total. The molecule has 1 saturated heterocycles. The molecule has 0 spiro atoms. The van der Waals surface area contributed by atoms with Gasteiger partial charge in [0, 0.05) is 37.6 Å². The minimum atomic E-state index is -0.669. The normalized spacial score (nSPS) is 17.6. The Labute approximate surface area is 194 Å². The molecule has 1 aromatic heterocycles. The number of likely N-dealkylation sites (tertiary alicyclic amines) is 1. The van der Waals surface area contributed by atoms with Crippen LogP contribution < -0.4 is 10.1 Å². The van der Waals surface area contributed by atoms with Gasteiger partial charge >= 0.3 is 0 Å². The van der Waals surface area contributed by atoms with Gasteiger partial charge in [0.2, 0.25) is 5.91 Å². The summed E-state index contributed by atoms with van der Waals surface area (Å²) >= 11 is 0. The number of carbonyl (C=O) groups is 2. The Bertz CT molecular complexity index is 1130. The second-order valence-corrected chi connectivity index (χ2v) is 8.47. The predicted molar refractivity (Wildman–Crippen MR) is 128 cm³/mol. The highest BCUT2D eigenvalue weighted by Gasteiger charge is 2.46. The number of hydrogen-bond acceptors (Lipinski definition) is 4. The van der Waals surface area contributed by atoms with Gasteiger partial charge < -0.3 is 15.0 Å². The molecule has 170 valence electrons. The lowest BCUT2D eigenvalue weighted by atomic mass is 9.79. The fourth-order valence-corrected chi connectivity index (χ4v) is 4.53. The van der Waals surface area contributed by atoms with Gasteiger partial charge in [0.1, 0.15) is 5.75 Å². The highest BCUT2D eigenvalue weighted by atomic mass is 16.5. The van der Waals surface area contributed by atoms with Crippen molar-refractivity contribution in [2.24, 2.45) is 5.41 Å². The summed E-state index contributed by atoms with van der Waals surface area (Å²) in [6.45, 7) is 3.39. The van der Waals surface area contributed by atoms with Crippen LogP contribution >= 0.6 is 0 Å². The van der Waals surface area contributed by atoms with E-state index in [9.17, 15) is 9.59 Å². The third kappa shape index (κ3) is 4.90. The van der Waals surface area contributed by atoms with E-state index < -0.39 is 5.41 Å². The van der Waals surface area contributed by atoms with Crippen LogP contribution in [0.5, 0.6) is 5.75 Å². The summed E-state index contributed by atoms with van der Waals surface area (Å²) < 4.78 is 5.27. The maximum Gasteiger partial charge on any atom is 0.254 e. The lowest BCUT2D eigenvalue weighted by Crippen LogP contribution is -2.45. The summed E-state index contributed by atoms with van der Waals surface area (Å²) in [6, 6.07) is 19.3. The molecule has 33 heavy (non-hydrogen) atoms. The molecule has 2 amide bonds. The second-order valence-electron chi connectivity index (χ2n) is 8.47. The summed E-state index contributed by atoms with van der Waals surface area (Å²) in [5.41, 5.74) is 3.07. The quantitative estimate of drug-likeness (QED) is 0.600. The Morgan fingerprint density at radius 3 is 2.67 bits per heavy atom. The number of hydrogen-bond donors (Lipinski definition) is 1. The molecule has 1 aliphatic heterocycles. The van der Waals surface area contributed by atoms with E-state index in [-0.39, 0.29) is 11.8 Å². The zero-order valence-electron chi connectivity index (χ0n) is 19.1. The minimum Gasteiger partial charge on any atom is -0.497 e. The predicted octanol–water partition coefficient (Wildman–Crippen LogP) is 3.97. The Hall–Kier alpha value is -3.67. The summed E-state index contributed by atoms with van der Waals surface area (Å²) in [6.07, 6.45) is 4.77. The number of nitrogens with one attached hydrogen (secondary N) is 1. The molecule has 0 aliphatic carbocycles. The van der Waals surface area contributed by atoms with E-state index in [4.69, 9.17) is 4.74 Å². The Balaban J connectivity index is 1.59. The Morgan fingerprint density at radius 1 is 1.09 bits per heavy atom. The van der Waals surface area contributed by atoms with Gasteiger partial charge in [0.25, 0.3) is 5.91 Å². The standard InChI is InChI=1S/C27H29N3O3/c1-3-29-26(32)27(17-20-7-4-8-21(15-20)23-10-6-13-28-18-23)12-14-30(19-27)25(31)22-9-5-11-24(16-22)33-2/h4-11,13,15-16,18H,3,12,14,17,19H2,1-2H3,(H,29,32)/t27-/m0/s1. The Kier molecular flexibility index (Phi) is 6.73. The molecule has 1 aliphatic rings. The van der Waals surface area contributed by atoms with Gasteiger partial charge in [-0.1, -0.05) is 36.4 Å². The minimum absolute atomic E-state index is 0.00211. The molecular weight excluding hydrogens is 414 g/mol. The molecule has 4 rings (SSSR count). The summed E-state index contributed by atoms with van der Waals surface area (Å²) in [5, 5.41) is 3.01. The van der Waals surface area contributed by atoms with Crippen LogP contribution in [-0.2, 0) is 11.2 Å². The fourth-order valence-electron chi connectivity index (χ4n) is 4.53. The average Bonchev–Trinajstić information content (AvgIpc) is 3.29. The lowest BCUT2D eigenvalue weighted by molar-refractivity contribution is -0.130. The largest absolute Gasteiger partial charge is 0.497 e. The number of benzene rings is 2. The molecular formula is C27H29N3O3. The highest BCUT2D eigenvalue weighted by molar-refractivity contribution is 5.96. The second kappa shape index (κ2) is 9.86. The zero-order valence-corrected chi connectivity index (χ0v) is 19.1. The van der Waals surface area contributed by atoms with Crippen molar-refractivity contribution in [3.63, 3.8) is 0 Å². The number of methoxy groups -OCH3 is 1. The van der Waals surface area contributed by atoms with Crippen LogP contribution in [0, 0.1) is 5.41 Å². The van der Waals surface area contributed by atoms with Crippen molar-refractivity contribution in [1.29, 1.82) is 0 Å². The van der Waals surface area contributed by atoms with Crippen molar-refractivity contribution in [3.8, 4) is 16.9 Å². The number of rotatable bonds is 7. The first-order valence-electron chi connectivity index (χ1n) is 11.3. The molecule has 0 saturated carbocycles. The maximum atomic E-state index is 13.3. The van der Waals surface area contributed by atoms with Crippen LogP contribution in [-0.4, -0.2) is 48.4 Å². The molecule has 6 heteroatoms. The Morgan fingerprint density at radius 2 is 1.91 bits per heavy atom. The van der Waals surface area contributed by atoms with Crippen molar-refractivity contribution in [2.75, 3.05) is 26.7 Å². The van der Waals surface area contributed by atoms with Crippen molar-refractivity contribution in [3.05, 3.63) is 84.2 Å². The van der Waals surface area contributed by atoms with E-state index in [0.29, 0.717) is 43.8 Å². The van der Waals surface area contributed by atoms with Gasteiger partial charge in [-0.05, 0) is 60.7 Å². The molecule has 2 heterocycles. The molecule has 1 atom stereocenters. The number of pyridine rings is 1. The highest BCUT2D eigenvalue weighted by Crippen LogP contribution is 2.36. The van der Waals surface area contributed by atoms with Gasteiger partial charge in [-0.2, -0.15) is 0 Å². The van der Waals surface area contributed by atoms with Gasteiger partial charge in [-0.3, -0.25) is 14.6 Å². The molecule has 2 aromatic carbocycles. The van der Waals surface area contributed by atoms with Crippen molar-refractivity contribution in [1.82, 2.24) is 15.2 Å². The monoisotopic (exact) mass is 443 g/mol. The first-order chi connectivity index (χ1) is 16.0. The van der Waals surface area contributed by atoms with Crippen LogP contribution in [0.25, 0.3) is 11.1 Å². The summed E-state index contributed by atoms with van der Waals surface area (Å²) in [5.74, 6) is 0.559. The van der Waals surface area contributed by atoms with Crippen molar-refractivity contribution < 1.29 is 14.3 Å². The third-order valence-corrected chi connectivity index (χ3v) is 6.24. The van der Waals surface area contributed by atoms with E-state index in [1.807, 2.05) is 55.6 Å². The van der Waals surface area contributed by atoms with Crippen LogP contribution in [0.4, 0.5) is 0 Å². The average molecular weight is 444 g/mol. The zero-order chi connectivity index (χ0) is 23.3. The smallest absolute Gasteiger partial charge is 0.254 e. The molecule has 3 aromatic rings. The van der Waals surface area contributed by atoms with Crippen molar-refractivity contribution in [2.45, 2.75) is 19.8 Å². The fraction of sp³-hybridized carbons (Fsp3) is 0.296. The van der Waals surface area contributed by atoms with Crippen molar-refractivity contribution >= 4 is 11.8 Å². The van der Waals surface area contributed by atoms with Gasteiger partial charge in [0.15, 0.2) is 0 Å². The van der Waals surface area contributed by atoms with E-state index in [1.54, 1.807) is 30.3 Å².